The number of carboxylic acids is 1. The predicted molar refractivity (Wildman–Crippen MR) is 46.0 cm³/mol. The summed E-state index contributed by atoms with van der Waals surface area (Å²) in [5.74, 6) is -0.738. The van der Waals surface area contributed by atoms with Crippen molar-refractivity contribution in [3.8, 4) is 0 Å². The highest BCUT2D eigenvalue weighted by Gasteiger charge is 2.14. The average molecular weight is 182 g/mol. The normalized spacial score (nSPS) is 14.2. The van der Waals surface area contributed by atoms with E-state index in [1.807, 2.05) is 0 Å². The molecule has 1 aromatic rings. The Morgan fingerprint density at radius 2 is 2.38 bits per heavy atom. The Balaban J connectivity index is 2.78. The number of rotatable bonds is 3. The van der Waals surface area contributed by atoms with Gasteiger partial charge in [0.25, 0.3) is 0 Å². The molecule has 13 heavy (non-hydrogen) atoms. The topological polar surface area (TPSA) is 70.7 Å². The lowest BCUT2D eigenvalue weighted by atomic mass is 10.1. The molecular formula is C9H10O4. The summed E-state index contributed by atoms with van der Waals surface area (Å²) in [5, 5.41) is 17.5. The minimum absolute atomic E-state index is 0.336. The molecule has 1 aromatic heterocycles. The molecule has 0 saturated carbocycles. The van der Waals surface area contributed by atoms with Crippen molar-refractivity contribution in [2.24, 2.45) is 0 Å². The van der Waals surface area contributed by atoms with Gasteiger partial charge in [0.15, 0.2) is 6.10 Å². The molecule has 0 aromatic carbocycles. The summed E-state index contributed by atoms with van der Waals surface area (Å²) < 4.78 is 4.95. The van der Waals surface area contributed by atoms with Crippen LogP contribution in [-0.2, 0) is 4.79 Å². The van der Waals surface area contributed by atoms with Crippen LogP contribution in [0, 0.1) is 0 Å². The van der Waals surface area contributed by atoms with Crippen LogP contribution in [-0.4, -0.2) is 22.3 Å². The standard InChI is InChI=1S/C9H10O4/c1-6(8(10)9(11)12)5-7-3-2-4-13-7/h2-5,8,10H,1H3,(H,11,12)/b6-5+. The molecule has 1 heterocycles. The van der Waals surface area contributed by atoms with E-state index >= 15 is 0 Å². The third kappa shape index (κ3) is 2.45. The summed E-state index contributed by atoms with van der Waals surface area (Å²) in [6, 6.07) is 3.37. The van der Waals surface area contributed by atoms with E-state index in [2.05, 4.69) is 0 Å². The molecule has 1 unspecified atom stereocenters. The van der Waals surface area contributed by atoms with Crippen molar-refractivity contribution in [1.29, 1.82) is 0 Å². The van der Waals surface area contributed by atoms with E-state index in [1.165, 1.54) is 19.3 Å². The van der Waals surface area contributed by atoms with Crippen LogP contribution in [0.25, 0.3) is 6.08 Å². The maximum atomic E-state index is 10.3. The van der Waals surface area contributed by atoms with Gasteiger partial charge in [-0.15, -0.1) is 0 Å². The van der Waals surface area contributed by atoms with Crippen molar-refractivity contribution < 1.29 is 19.4 Å². The molecule has 0 spiro atoms. The van der Waals surface area contributed by atoms with Crippen molar-refractivity contribution in [3.05, 3.63) is 29.7 Å². The molecule has 1 rings (SSSR count). The minimum Gasteiger partial charge on any atom is -0.479 e. The number of hydrogen-bond acceptors (Lipinski definition) is 3. The minimum atomic E-state index is -1.47. The van der Waals surface area contributed by atoms with Crippen molar-refractivity contribution in [1.82, 2.24) is 0 Å². The molecule has 70 valence electrons. The van der Waals surface area contributed by atoms with E-state index in [4.69, 9.17) is 14.6 Å². The van der Waals surface area contributed by atoms with E-state index in [9.17, 15) is 4.79 Å². The fourth-order valence-corrected chi connectivity index (χ4v) is 0.871. The zero-order valence-corrected chi connectivity index (χ0v) is 7.10. The van der Waals surface area contributed by atoms with Crippen LogP contribution >= 0.6 is 0 Å². The first-order chi connectivity index (χ1) is 6.11. The van der Waals surface area contributed by atoms with Gasteiger partial charge in [-0.25, -0.2) is 4.79 Å². The number of aliphatic hydroxyl groups excluding tert-OH is 1. The lowest BCUT2D eigenvalue weighted by Crippen LogP contribution is -2.20. The predicted octanol–water partition coefficient (Wildman–Crippen LogP) is 1.13. The summed E-state index contributed by atoms with van der Waals surface area (Å²) >= 11 is 0. The highest BCUT2D eigenvalue weighted by molar-refractivity contribution is 5.77. The Kier molecular flexibility index (Phi) is 2.87. The molecule has 2 N–H and O–H groups in total. The third-order valence-electron chi connectivity index (χ3n) is 1.58. The Hall–Kier alpha value is -1.55. The number of carboxylic acid groups (broad SMARTS) is 1. The van der Waals surface area contributed by atoms with Crippen LogP contribution in [0.5, 0.6) is 0 Å². The summed E-state index contributed by atoms with van der Waals surface area (Å²) in [6.45, 7) is 1.53. The van der Waals surface area contributed by atoms with Crippen LogP contribution in [0.3, 0.4) is 0 Å². The number of carbonyl (C=O) groups is 1. The number of furan rings is 1. The second kappa shape index (κ2) is 3.91. The first-order valence-electron chi connectivity index (χ1n) is 3.74. The van der Waals surface area contributed by atoms with Gasteiger partial charge in [-0.1, -0.05) is 0 Å². The molecule has 4 heteroatoms. The van der Waals surface area contributed by atoms with Gasteiger partial charge < -0.3 is 14.6 Å². The molecule has 0 aliphatic heterocycles. The van der Waals surface area contributed by atoms with Crippen LogP contribution in [0.1, 0.15) is 12.7 Å². The molecule has 0 saturated heterocycles. The Bertz CT molecular complexity index is 310. The van der Waals surface area contributed by atoms with Gasteiger partial charge >= 0.3 is 5.97 Å². The van der Waals surface area contributed by atoms with Crippen LogP contribution in [0.4, 0.5) is 0 Å². The molecule has 0 aliphatic carbocycles. The van der Waals surface area contributed by atoms with E-state index in [0.29, 0.717) is 11.3 Å². The molecule has 4 nitrogen and oxygen atoms in total. The first-order valence-corrected chi connectivity index (χ1v) is 3.74. The molecule has 0 aliphatic rings. The molecular weight excluding hydrogens is 172 g/mol. The van der Waals surface area contributed by atoms with E-state index in [1.54, 1.807) is 12.1 Å². The van der Waals surface area contributed by atoms with Crippen molar-refractivity contribution in [2.45, 2.75) is 13.0 Å². The molecule has 1 atom stereocenters. The van der Waals surface area contributed by atoms with Gasteiger partial charge in [0, 0.05) is 0 Å². The van der Waals surface area contributed by atoms with E-state index in [0.717, 1.165) is 0 Å². The Morgan fingerprint density at radius 3 is 2.85 bits per heavy atom. The zero-order valence-electron chi connectivity index (χ0n) is 7.10. The van der Waals surface area contributed by atoms with E-state index in [-0.39, 0.29) is 0 Å². The maximum absolute atomic E-state index is 10.3. The summed E-state index contributed by atoms with van der Waals surface area (Å²) in [4.78, 5) is 10.3. The first kappa shape index (κ1) is 9.54. The number of hydrogen-bond donors (Lipinski definition) is 2. The van der Waals surface area contributed by atoms with Crippen LogP contribution < -0.4 is 0 Å². The fourth-order valence-electron chi connectivity index (χ4n) is 0.871. The Morgan fingerprint density at radius 1 is 1.69 bits per heavy atom. The zero-order chi connectivity index (χ0) is 9.84. The molecule has 0 fully saturated rings. The quantitative estimate of drug-likeness (QED) is 0.735. The number of aliphatic carboxylic acids is 1. The van der Waals surface area contributed by atoms with Gasteiger partial charge in [-0.2, -0.15) is 0 Å². The maximum Gasteiger partial charge on any atom is 0.336 e. The van der Waals surface area contributed by atoms with Gasteiger partial charge in [0.05, 0.1) is 6.26 Å². The highest BCUT2D eigenvalue weighted by atomic mass is 16.4. The van der Waals surface area contributed by atoms with Crippen molar-refractivity contribution in [2.75, 3.05) is 0 Å². The Labute approximate surface area is 75.1 Å². The van der Waals surface area contributed by atoms with Crippen molar-refractivity contribution in [3.63, 3.8) is 0 Å². The van der Waals surface area contributed by atoms with E-state index < -0.39 is 12.1 Å². The second-order valence-corrected chi connectivity index (χ2v) is 2.64. The highest BCUT2D eigenvalue weighted by Crippen LogP contribution is 2.10. The molecule has 0 amide bonds. The summed E-state index contributed by atoms with van der Waals surface area (Å²) in [6.07, 6.45) is 1.50. The van der Waals surface area contributed by atoms with Gasteiger partial charge in [0.1, 0.15) is 5.76 Å². The smallest absolute Gasteiger partial charge is 0.336 e. The SMILES string of the molecule is C/C(=C\c1ccco1)C(O)C(=O)O. The van der Waals surface area contributed by atoms with Gasteiger partial charge in [-0.3, -0.25) is 0 Å². The van der Waals surface area contributed by atoms with Crippen LogP contribution in [0.2, 0.25) is 0 Å². The summed E-state index contributed by atoms with van der Waals surface area (Å²) in [5.41, 5.74) is 0.336. The second-order valence-electron chi connectivity index (χ2n) is 2.64. The molecule has 0 bridgehead atoms. The fraction of sp³-hybridized carbons (Fsp3) is 0.222. The largest absolute Gasteiger partial charge is 0.479 e. The van der Waals surface area contributed by atoms with Crippen molar-refractivity contribution >= 4 is 12.0 Å². The van der Waals surface area contributed by atoms with Gasteiger partial charge in [0.2, 0.25) is 0 Å². The lowest BCUT2D eigenvalue weighted by molar-refractivity contribution is -0.144. The molecule has 0 radical (unpaired) electrons. The lowest BCUT2D eigenvalue weighted by Gasteiger charge is -2.03. The third-order valence-corrected chi connectivity index (χ3v) is 1.58. The average Bonchev–Trinajstić information content (AvgIpc) is 2.55. The van der Waals surface area contributed by atoms with Crippen LogP contribution in [0.15, 0.2) is 28.4 Å². The summed E-state index contributed by atoms with van der Waals surface area (Å²) in [7, 11) is 0. The monoisotopic (exact) mass is 182 g/mol. The number of aliphatic hydroxyl groups is 1. The van der Waals surface area contributed by atoms with Gasteiger partial charge in [-0.05, 0) is 30.7 Å².